The summed E-state index contributed by atoms with van der Waals surface area (Å²) < 4.78 is 16.0. The summed E-state index contributed by atoms with van der Waals surface area (Å²) in [7, 11) is 0. The van der Waals surface area contributed by atoms with Crippen molar-refractivity contribution in [1.29, 1.82) is 0 Å². The highest BCUT2D eigenvalue weighted by molar-refractivity contribution is 5.83. The lowest BCUT2D eigenvalue weighted by Crippen LogP contribution is -2.30. The lowest BCUT2D eigenvalue weighted by atomic mass is 10.0. The second-order valence-corrected chi connectivity index (χ2v) is 6.92. The second-order valence-electron chi connectivity index (χ2n) is 6.92. The molecule has 3 aromatic rings. The Morgan fingerprint density at radius 2 is 1.65 bits per heavy atom. The van der Waals surface area contributed by atoms with Gasteiger partial charge in [-0.25, -0.2) is 29.3 Å². The van der Waals surface area contributed by atoms with Gasteiger partial charge < -0.3 is 14.4 Å². The molecule has 0 N–H and O–H groups in total. The molecule has 0 aromatic carbocycles. The fourth-order valence-corrected chi connectivity index (χ4v) is 4.21. The van der Waals surface area contributed by atoms with Crippen LogP contribution in [0.4, 0.5) is 16.0 Å². The highest BCUT2D eigenvalue weighted by atomic mass is 19.1. The molecule has 3 aromatic heterocycles. The normalized spacial score (nSPS) is 22.4. The third kappa shape index (κ3) is 2.30. The van der Waals surface area contributed by atoms with Gasteiger partial charge in [-0.2, -0.15) is 0 Å². The molecule has 26 heavy (non-hydrogen) atoms. The van der Waals surface area contributed by atoms with Gasteiger partial charge in [0.05, 0.1) is 12.5 Å². The maximum absolute atomic E-state index is 14.0. The molecule has 9 heteroatoms. The van der Waals surface area contributed by atoms with Crippen LogP contribution in [-0.4, -0.2) is 55.7 Å². The van der Waals surface area contributed by atoms with Crippen LogP contribution in [0.25, 0.3) is 11.2 Å². The molecule has 0 spiro atoms. The Labute approximate surface area is 149 Å². The van der Waals surface area contributed by atoms with Crippen molar-refractivity contribution in [3.63, 3.8) is 0 Å². The Balaban J connectivity index is 1.38. The van der Waals surface area contributed by atoms with Crippen LogP contribution >= 0.6 is 0 Å². The zero-order valence-electron chi connectivity index (χ0n) is 14.5. The van der Waals surface area contributed by atoms with Crippen molar-refractivity contribution < 1.29 is 4.39 Å². The number of halogens is 1. The number of aromatic nitrogens is 6. The van der Waals surface area contributed by atoms with E-state index in [9.17, 15) is 4.39 Å². The van der Waals surface area contributed by atoms with Gasteiger partial charge in [0.2, 0.25) is 0 Å². The van der Waals surface area contributed by atoms with Gasteiger partial charge in [-0.15, -0.1) is 0 Å². The van der Waals surface area contributed by atoms with Crippen LogP contribution in [0.2, 0.25) is 0 Å². The molecular formula is C17H19FN8. The summed E-state index contributed by atoms with van der Waals surface area (Å²) in [5.74, 6) is 1.88. The minimum absolute atomic E-state index is 0.355. The first-order valence-electron chi connectivity index (χ1n) is 8.85. The fourth-order valence-electron chi connectivity index (χ4n) is 4.21. The van der Waals surface area contributed by atoms with Crippen molar-refractivity contribution in [2.24, 2.45) is 11.8 Å². The Morgan fingerprint density at radius 1 is 0.962 bits per heavy atom. The molecule has 2 fully saturated rings. The van der Waals surface area contributed by atoms with E-state index in [1.165, 1.54) is 12.5 Å². The first-order chi connectivity index (χ1) is 12.7. The minimum atomic E-state index is -0.355. The van der Waals surface area contributed by atoms with E-state index in [1.807, 2.05) is 15.8 Å². The van der Waals surface area contributed by atoms with Crippen molar-refractivity contribution in [1.82, 2.24) is 29.5 Å². The Kier molecular flexibility index (Phi) is 3.47. The number of fused-ring (bicyclic) bond motifs is 2. The maximum atomic E-state index is 14.0. The van der Waals surface area contributed by atoms with Gasteiger partial charge in [-0.3, -0.25) is 0 Å². The molecule has 134 valence electrons. The van der Waals surface area contributed by atoms with Gasteiger partial charge in [-0.1, -0.05) is 0 Å². The molecule has 0 radical (unpaired) electrons. The zero-order valence-corrected chi connectivity index (χ0v) is 14.5. The molecule has 2 saturated heterocycles. The molecule has 2 aliphatic heterocycles. The number of nitrogens with zero attached hydrogens (tertiary/aromatic N) is 8. The molecular weight excluding hydrogens is 335 g/mol. The molecule has 0 aliphatic carbocycles. The third-order valence-corrected chi connectivity index (χ3v) is 5.46. The Bertz CT molecular complexity index is 943. The molecule has 0 amide bonds. The molecule has 8 nitrogen and oxygen atoms in total. The third-order valence-electron chi connectivity index (χ3n) is 5.46. The van der Waals surface area contributed by atoms with Crippen LogP contribution in [0, 0.1) is 17.7 Å². The van der Waals surface area contributed by atoms with Crippen LogP contribution in [0.3, 0.4) is 0 Å². The van der Waals surface area contributed by atoms with Gasteiger partial charge in [0, 0.05) is 44.6 Å². The maximum Gasteiger partial charge on any atom is 0.183 e. The second kappa shape index (κ2) is 5.86. The van der Waals surface area contributed by atoms with Crippen molar-refractivity contribution >= 4 is 22.8 Å². The van der Waals surface area contributed by atoms with Crippen LogP contribution in [0.5, 0.6) is 0 Å². The molecule has 5 rings (SSSR count). The summed E-state index contributed by atoms with van der Waals surface area (Å²) in [4.78, 5) is 25.6. The van der Waals surface area contributed by atoms with E-state index in [2.05, 4.69) is 36.7 Å². The van der Waals surface area contributed by atoms with Crippen LogP contribution < -0.4 is 9.80 Å². The van der Waals surface area contributed by atoms with Crippen LogP contribution in [0.1, 0.15) is 6.92 Å². The molecule has 5 heterocycles. The van der Waals surface area contributed by atoms with Crippen molar-refractivity contribution in [2.75, 3.05) is 36.0 Å². The van der Waals surface area contributed by atoms with Crippen molar-refractivity contribution in [2.45, 2.75) is 13.5 Å². The average molecular weight is 354 g/mol. The Hall–Kier alpha value is -2.84. The number of hydrogen-bond acceptors (Lipinski definition) is 7. The highest BCUT2D eigenvalue weighted by Gasteiger charge is 2.42. The summed E-state index contributed by atoms with van der Waals surface area (Å²) >= 11 is 0. The topological polar surface area (TPSA) is 75.9 Å². The first kappa shape index (κ1) is 15.4. The van der Waals surface area contributed by atoms with E-state index in [4.69, 9.17) is 0 Å². The van der Waals surface area contributed by atoms with E-state index < -0.39 is 0 Å². The average Bonchev–Trinajstić information content (AvgIpc) is 3.34. The molecule has 2 unspecified atom stereocenters. The monoisotopic (exact) mass is 354 g/mol. The highest BCUT2D eigenvalue weighted by Crippen LogP contribution is 2.36. The molecule has 2 atom stereocenters. The van der Waals surface area contributed by atoms with Crippen molar-refractivity contribution in [3.05, 3.63) is 31.0 Å². The quantitative estimate of drug-likeness (QED) is 0.703. The summed E-state index contributed by atoms with van der Waals surface area (Å²) in [5, 5.41) is 0. The molecule has 0 saturated carbocycles. The minimum Gasteiger partial charge on any atom is -0.354 e. The number of rotatable bonds is 3. The number of hydrogen-bond donors (Lipinski definition) is 0. The van der Waals surface area contributed by atoms with E-state index in [0.29, 0.717) is 17.7 Å². The number of imidazole rings is 1. The van der Waals surface area contributed by atoms with Crippen molar-refractivity contribution in [3.8, 4) is 0 Å². The largest absolute Gasteiger partial charge is 0.354 e. The van der Waals surface area contributed by atoms with E-state index in [-0.39, 0.29) is 5.82 Å². The predicted octanol–water partition coefficient (Wildman–Crippen LogP) is 1.35. The van der Waals surface area contributed by atoms with Gasteiger partial charge in [0.1, 0.15) is 12.7 Å². The van der Waals surface area contributed by atoms with Crippen LogP contribution in [0.15, 0.2) is 25.2 Å². The SMILES string of the molecule is CCn1cnc2c(N3CC4CN(c5ncncc5F)CC4C3)ncnc21. The van der Waals surface area contributed by atoms with Gasteiger partial charge in [0.25, 0.3) is 0 Å². The Morgan fingerprint density at radius 3 is 2.35 bits per heavy atom. The summed E-state index contributed by atoms with van der Waals surface area (Å²) in [5.41, 5.74) is 1.73. The van der Waals surface area contributed by atoms with Crippen LogP contribution in [-0.2, 0) is 6.54 Å². The van der Waals surface area contributed by atoms with E-state index >= 15 is 0 Å². The zero-order chi connectivity index (χ0) is 17.7. The van der Waals surface area contributed by atoms with Gasteiger partial charge >= 0.3 is 0 Å². The van der Waals surface area contributed by atoms with Gasteiger partial charge in [-0.05, 0) is 6.92 Å². The predicted molar refractivity (Wildman–Crippen MR) is 94.4 cm³/mol. The fraction of sp³-hybridized carbons (Fsp3) is 0.471. The molecule has 0 bridgehead atoms. The lowest BCUT2D eigenvalue weighted by molar-refractivity contribution is 0.533. The standard InChI is InChI=1S/C17H19FN8/c1-2-24-10-23-14-16(24)21-9-22-17(14)26-6-11-4-25(5-12(11)7-26)15-13(18)3-19-8-20-15/h3,8-12H,2,4-7H2,1H3. The number of aryl methyl sites for hydroxylation is 1. The lowest BCUT2D eigenvalue weighted by Gasteiger charge is -2.23. The van der Waals surface area contributed by atoms with Gasteiger partial charge in [0.15, 0.2) is 28.6 Å². The first-order valence-corrected chi connectivity index (χ1v) is 8.85. The van der Waals surface area contributed by atoms with E-state index in [0.717, 1.165) is 49.7 Å². The smallest absolute Gasteiger partial charge is 0.183 e. The summed E-state index contributed by atoms with van der Waals surface area (Å²) in [6.07, 6.45) is 6.06. The summed E-state index contributed by atoms with van der Waals surface area (Å²) in [6.45, 7) is 6.28. The van der Waals surface area contributed by atoms with E-state index in [1.54, 1.807) is 6.33 Å². The molecule has 2 aliphatic rings. The summed E-state index contributed by atoms with van der Waals surface area (Å²) in [6, 6.07) is 0. The number of anilines is 2.